The Balaban J connectivity index is 1.63. The molecule has 0 fully saturated rings. The fourth-order valence-electron chi connectivity index (χ4n) is 3.23. The maximum atomic E-state index is 13.7. The van der Waals surface area contributed by atoms with E-state index in [4.69, 9.17) is 11.6 Å². The second-order valence-corrected chi connectivity index (χ2v) is 8.07. The molecule has 0 unspecified atom stereocenters. The summed E-state index contributed by atoms with van der Waals surface area (Å²) in [6.45, 7) is 0. The molecule has 0 saturated heterocycles. The minimum atomic E-state index is -4.53. The lowest BCUT2D eigenvalue weighted by molar-refractivity contribution is -0.173. The number of nitrogens with zero attached hydrogens (tertiary/aromatic N) is 3. The number of alkyl halides is 3. The first kappa shape index (κ1) is 20.7. The van der Waals surface area contributed by atoms with Gasteiger partial charge in [-0.3, -0.25) is 4.79 Å². The van der Waals surface area contributed by atoms with E-state index in [0.29, 0.717) is 10.6 Å². The van der Waals surface area contributed by atoms with Gasteiger partial charge in [-0.05, 0) is 29.8 Å². The molecule has 0 spiro atoms. The number of hydrogen-bond acceptors (Lipinski definition) is 4. The van der Waals surface area contributed by atoms with E-state index in [1.807, 2.05) is 0 Å². The maximum Gasteiger partial charge on any atom is 0.410 e. The number of halogens is 5. The number of benzene rings is 1. The van der Waals surface area contributed by atoms with Crippen molar-refractivity contribution in [3.63, 3.8) is 0 Å². The molecule has 1 aliphatic heterocycles. The molecular weight excluding hydrogens is 487 g/mol. The van der Waals surface area contributed by atoms with Crippen molar-refractivity contribution in [3.8, 4) is 0 Å². The van der Waals surface area contributed by atoms with E-state index in [1.54, 1.807) is 24.3 Å². The molecule has 0 aliphatic carbocycles. The molecule has 2 aromatic heterocycles. The van der Waals surface area contributed by atoms with Crippen LogP contribution in [0.15, 0.2) is 53.1 Å². The summed E-state index contributed by atoms with van der Waals surface area (Å²) in [6, 6.07) is 8.91. The molecule has 0 bridgehead atoms. The fraction of sp³-hybridized carbons (Fsp3) is 0.211. The Bertz CT molecular complexity index is 1070. The average molecular weight is 501 g/mol. The number of pyridine rings is 1. The van der Waals surface area contributed by atoms with Gasteiger partial charge in [0.2, 0.25) is 0 Å². The average Bonchev–Trinajstić information content (AvgIpc) is 3.13. The number of nitrogens with one attached hydrogen (secondary N) is 2. The van der Waals surface area contributed by atoms with Gasteiger partial charge >= 0.3 is 6.18 Å². The van der Waals surface area contributed by atoms with Crippen LogP contribution in [0.25, 0.3) is 0 Å². The molecule has 1 aliphatic rings. The number of hydrogen-bond donors (Lipinski definition) is 2. The SMILES string of the molecule is O=C(Nc1ccc(Cl)cn1)c1cc2n(n1)[C@H](C(F)(F)F)C[C@H](c1ccc(Br)cc1)N2. The minimum absolute atomic E-state index is 0.116. The summed E-state index contributed by atoms with van der Waals surface area (Å²) in [5.74, 6) is -0.344. The summed E-state index contributed by atoms with van der Waals surface area (Å²) in [5, 5.41) is 9.86. The zero-order valence-corrected chi connectivity index (χ0v) is 17.5. The van der Waals surface area contributed by atoms with E-state index in [2.05, 4.69) is 36.6 Å². The van der Waals surface area contributed by atoms with Crippen LogP contribution in [0.2, 0.25) is 5.02 Å². The molecule has 0 saturated carbocycles. The molecule has 6 nitrogen and oxygen atoms in total. The zero-order valence-electron chi connectivity index (χ0n) is 15.1. The van der Waals surface area contributed by atoms with E-state index in [0.717, 1.165) is 9.15 Å². The van der Waals surface area contributed by atoms with Gasteiger partial charge in [-0.2, -0.15) is 18.3 Å². The Kier molecular flexibility index (Phi) is 5.46. The molecule has 1 aromatic carbocycles. The van der Waals surface area contributed by atoms with Gasteiger partial charge in [-0.1, -0.05) is 39.7 Å². The summed E-state index contributed by atoms with van der Waals surface area (Å²) in [6.07, 6.45) is -3.43. The van der Waals surface area contributed by atoms with Crippen LogP contribution in [0.1, 0.15) is 34.6 Å². The third kappa shape index (κ3) is 4.29. The molecule has 2 N–H and O–H groups in total. The van der Waals surface area contributed by atoms with Crippen LogP contribution in [0.3, 0.4) is 0 Å². The smallest absolute Gasteiger partial charge is 0.363 e. The third-order valence-electron chi connectivity index (χ3n) is 4.66. The lowest BCUT2D eigenvalue weighted by atomic mass is 9.97. The van der Waals surface area contributed by atoms with E-state index < -0.39 is 24.2 Å². The van der Waals surface area contributed by atoms with Gasteiger partial charge < -0.3 is 10.6 Å². The highest BCUT2D eigenvalue weighted by Crippen LogP contribution is 2.43. The Labute approximate surface area is 182 Å². The van der Waals surface area contributed by atoms with Crippen LogP contribution in [0.5, 0.6) is 0 Å². The molecular formula is C19H14BrClF3N5O. The molecule has 3 aromatic rings. The van der Waals surface area contributed by atoms with Gasteiger partial charge in [0.15, 0.2) is 11.7 Å². The van der Waals surface area contributed by atoms with Gasteiger partial charge in [0, 0.05) is 23.2 Å². The van der Waals surface area contributed by atoms with E-state index in [9.17, 15) is 18.0 Å². The Morgan fingerprint density at radius 3 is 2.60 bits per heavy atom. The standard InChI is InChI=1S/C19H14BrClF3N5O/c20-11-3-1-10(2-4-11)13-7-15(19(22,23)24)29-17(26-13)8-14(28-29)18(30)27-16-6-5-12(21)9-25-16/h1-6,8-9,13,15,26H,7H2,(H,25,27,30)/t13-,15+/m1/s1. The Morgan fingerprint density at radius 1 is 1.23 bits per heavy atom. The van der Waals surface area contributed by atoms with Crippen molar-refractivity contribution in [1.82, 2.24) is 14.8 Å². The first-order chi connectivity index (χ1) is 14.2. The van der Waals surface area contributed by atoms with Crippen LogP contribution in [-0.4, -0.2) is 26.8 Å². The van der Waals surface area contributed by atoms with Crippen LogP contribution in [-0.2, 0) is 0 Å². The molecule has 30 heavy (non-hydrogen) atoms. The topological polar surface area (TPSA) is 71.8 Å². The van der Waals surface area contributed by atoms with Crippen LogP contribution >= 0.6 is 27.5 Å². The van der Waals surface area contributed by atoms with Gasteiger partial charge in [0.1, 0.15) is 11.6 Å². The molecule has 2 atom stereocenters. The van der Waals surface area contributed by atoms with Crippen molar-refractivity contribution in [2.24, 2.45) is 0 Å². The first-order valence-electron chi connectivity index (χ1n) is 8.82. The molecule has 0 radical (unpaired) electrons. The highest BCUT2D eigenvalue weighted by molar-refractivity contribution is 9.10. The molecule has 1 amide bonds. The highest BCUT2D eigenvalue weighted by Gasteiger charge is 2.46. The number of rotatable bonds is 3. The van der Waals surface area contributed by atoms with Crippen LogP contribution in [0, 0.1) is 0 Å². The molecule has 3 heterocycles. The Hall–Kier alpha value is -2.59. The van der Waals surface area contributed by atoms with E-state index >= 15 is 0 Å². The largest absolute Gasteiger partial charge is 0.410 e. The molecule has 4 rings (SSSR count). The normalized spacial score (nSPS) is 18.4. The zero-order chi connectivity index (χ0) is 21.5. The Morgan fingerprint density at radius 2 is 1.97 bits per heavy atom. The predicted octanol–water partition coefficient (Wildman–Crippen LogP) is 5.61. The van der Waals surface area contributed by atoms with Crippen molar-refractivity contribution >= 4 is 45.1 Å². The fourth-order valence-corrected chi connectivity index (χ4v) is 3.60. The summed E-state index contributed by atoms with van der Waals surface area (Å²) < 4.78 is 42.9. The lowest BCUT2D eigenvalue weighted by Crippen LogP contribution is -2.35. The maximum absolute atomic E-state index is 13.7. The van der Waals surface area contributed by atoms with Crippen LogP contribution < -0.4 is 10.6 Å². The van der Waals surface area contributed by atoms with Crippen molar-refractivity contribution in [3.05, 3.63) is 69.4 Å². The monoisotopic (exact) mass is 499 g/mol. The molecule has 156 valence electrons. The van der Waals surface area contributed by atoms with E-state index in [-0.39, 0.29) is 23.8 Å². The van der Waals surface area contributed by atoms with Gasteiger partial charge in [-0.25, -0.2) is 9.67 Å². The van der Waals surface area contributed by atoms with Crippen LogP contribution in [0.4, 0.5) is 24.8 Å². The van der Waals surface area contributed by atoms with E-state index in [1.165, 1.54) is 24.4 Å². The lowest BCUT2D eigenvalue weighted by Gasteiger charge is -2.33. The van der Waals surface area contributed by atoms with Crippen molar-refractivity contribution in [2.75, 3.05) is 10.6 Å². The predicted molar refractivity (Wildman–Crippen MR) is 110 cm³/mol. The number of carbonyl (C=O) groups excluding carboxylic acids is 1. The number of amides is 1. The number of aromatic nitrogens is 3. The quantitative estimate of drug-likeness (QED) is 0.491. The first-order valence-corrected chi connectivity index (χ1v) is 9.99. The minimum Gasteiger partial charge on any atom is -0.363 e. The third-order valence-corrected chi connectivity index (χ3v) is 5.42. The number of carbonyl (C=O) groups is 1. The number of fused-ring (bicyclic) bond motifs is 1. The second kappa shape index (κ2) is 7.92. The van der Waals surface area contributed by atoms with Crippen molar-refractivity contribution in [1.29, 1.82) is 0 Å². The molecule has 11 heteroatoms. The van der Waals surface area contributed by atoms with Crippen molar-refractivity contribution in [2.45, 2.75) is 24.7 Å². The van der Waals surface area contributed by atoms with Gasteiger partial charge in [0.25, 0.3) is 5.91 Å². The van der Waals surface area contributed by atoms with Gasteiger partial charge in [-0.15, -0.1) is 0 Å². The summed E-state index contributed by atoms with van der Waals surface area (Å²) in [5.41, 5.74) is 0.552. The summed E-state index contributed by atoms with van der Waals surface area (Å²) in [4.78, 5) is 16.4. The van der Waals surface area contributed by atoms with Gasteiger partial charge in [0.05, 0.1) is 11.1 Å². The van der Waals surface area contributed by atoms with Crippen molar-refractivity contribution < 1.29 is 18.0 Å². The summed E-state index contributed by atoms with van der Waals surface area (Å²) in [7, 11) is 0. The summed E-state index contributed by atoms with van der Waals surface area (Å²) >= 11 is 9.07. The number of anilines is 2. The second-order valence-electron chi connectivity index (χ2n) is 6.72. The highest BCUT2D eigenvalue weighted by atomic mass is 79.9.